The number of fused-ring (bicyclic) bond motifs is 1. The number of hydrogen-bond donors (Lipinski definition) is 0. The summed E-state index contributed by atoms with van der Waals surface area (Å²) >= 11 is 7.92. The van der Waals surface area contributed by atoms with E-state index in [0.29, 0.717) is 23.7 Å². The van der Waals surface area contributed by atoms with Crippen molar-refractivity contribution < 1.29 is 18.7 Å². The minimum Gasteiger partial charge on any atom is -0.488 e. The van der Waals surface area contributed by atoms with Gasteiger partial charge >= 0.3 is 0 Å². The highest BCUT2D eigenvalue weighted by Gasteiger charge is 2.34. The standard InChI is InChI=1S/C27H28ClFN2O3S/c1-18(2)15-30(27(33)19-7-3-4-8-21(19)28)16-26(32)31-13-11-25-20(12-14-35-25)23(31)17-34-24-10-6-5-9-22(24)29/h3-10,12,14,18,23H,11,13,15-17H2,1-2H3/t23-/m0/s1. The average Bonchev–Trinajstić information content (AvgIpc) is 3.32. The van der Waals surface area contributed by atoms with Gasteiger partial charge in [-0.05, 0) is 53.6 Å². The molecule has 1 aliphatic heterocycles. The van der Waals surface area contributed by atoms with E-state index in [1.807, 2.05) is 25.3 Å². The van der Waals surface area contributed by atoms with Gasteiger partial charge in [0.15, 0.2) is 11.6 Å². The van der Waals surface area contributed by atoms with E-state index in [2.05, 4.69) is 0 Å². The van der Waals surface area contributed by atoms with Crippen molar-refractivity contribution in [1.29, 1.82) is 0 Å². The van der Waals surface area contributed by atoms with Crippen LogP contribution in [0.15, 0.2) is 60.0 Å². The van der Waals surface area contributed by atoms with Crippen LogP contribution < -0.4 is 4.74 Å². The highest BCUT2D eigenvalue weighted by atomic mass is 35.5. The van der Waals surface area contributed by atoms with E-state index in [1.165, 1.54) is 10.9 Å². The molecule has 1 aromatic heterocycles. The number of carbonyl (C=O) groups is 2. The summed E-state index contributed by atoms with van der Waals surface area (Å²) in [6.07, 6.45) is 0.734. The second kappa shape index (κ2) is 11.2. The number of rotatable bonds is 8. The number of para-hydroxylation sites is 1. The highest BCUT2D eigenvalue weighted by Crippen LogP contribution is 2.34. The second-order valence-electron chi connectivity index (χ2n) is 8.95. The zero-order valence-corrected chi connectivity index (χ0v) is 21.3. The number of carbonyl (C=O) groups excluding carboxylic acids is 2. The fraction of sp³-hybridized carbons (Fsp3) is 0.333. The smallest absolute Gasteiger partial charge is 0.255 e. The maximum Gasteiger partial charge on any atom is 0.255 e. The lowest BCUT2D eigenvalue weighted by atomic mass is 10.00. The number of thiophene rings is 1. The molecule has 0 unspecified atom stereocenters. The molecule has 5 nitrogen and oxygen atoms in total. The average molecular weight is 515 g/mol. The second-order valence-corrected chi connectivity index (χ2v) is 10.4. The molecule has 0 saturated carbocycles. The Morgan fingerprint density at radius 3 is 2.66 bits per heavy atom. The lowest BCUT2D eigenvalue weighted by Gasteiger charge is -2.37. The Labute approximate surface area is 214 Å². The first kappa shape index (κ1) is 25.2. The van der Waals surface area contributed by atoms with Crippen LogP contribution in [0.5, 0.6) is 5.75 Å². The molecule has 184 valence electrons. The SMILES string of the molecule is CC(C)CN(CC(=O)N1CCc2sccc2[C@@H]1COc1ccccc1F)C(=O)c1ccccc1Cl. The van der Waals surface area contributed by atoms with Crippen LogP contribution in [0.25, 0.3) is 0 Å². The van der Waals surface area contributed by atoms with E-state index >= 15 is 0 Å². The molecule has 0 aliphatic carbocycles. The molecule has 0 bridgehead atoms. The lowest BCUT2D eigenvalue weighted by molar-refractivity contribution is -0.135. The van der Waals surface area contributed by atoms with Crippen molar-refractivity contribution in [1.82, 2.24) is 9.80 Å². The van der Waals surface area contributed by atoms with E-state index in [-0.39, 0.29) is 42.7 Å². The molecule has 1 atom stereocenters. The Kier molecular flexibility index (Phi) is 8.08. The molecule has 0 saturated heterocycles. The topological polar surface area (TPSA) is 49.9 Å². The van der Waals surface area contributed by atoms with Crippen molar-refractivity contribution in [2.45, 2.75) is 26.3 Å². The summed E-state index contributed by atoms with van der Waals surface area (Å²) in [6.45, 7) is 4.98. The van der Waals surface area contributed by atoms with Crippen LogP contribution >= 0.6 is 22.9 Å². The van der Waals surface area contributed by atoms with Gasteiger partial charge in [-0.2, -0.15) is 0 Å². The largest absolute Gasteiger partial charge is 0.488 e. The Morgan fingerprint density at radius 2 is 1.91 bits per heavy atom. The summed E-state index contributed by atoms with van der Waals surface area (Å²) in [4.78, 5) is 31.4. The Balaban J connectivity index is 1.55. The van der Waals surface area contributed by atoms with Crippen molar-refractivity contribution in [2.75, 3.05) is 26.2 Å². The monoisotopic (exact) mass is 514 g/mol. The Bertz CT molecular complexity index is 1200. The van der Waals surface area contributed by atoms with Crippen molar-refractivity contribution in [3.05, 3.63) is 86.8 Å². The lowest BCUT2D eigenvalue weighted by Crippen LogP contribution is -2.48. The minimum absolute atomic E-state index is 0.0715. The van der Waals surface area contributed by atoms with E-state index in [0.717, 1.165) is 12.0 Å². The maximum atomic E-state index is 14.2. The zero-order valence-electron chi connectivity index (χ0n) is 19.7. The predicted molar refractivity (Wildman–Crippen MR) is 137 cm³/mol. The van der Waals surface area contributed by atoms with Crippen molar-refractivity contribution in [2.24, 2.45) is 5.92 Å². The van der Waals surface area contributed by atoms with Crippen LogP contribution in [0.2, 0.25) is 5.02 Å². The molecule has 2 aromatic carbocycles. The summed E-state index contributed by atoms with van der Waals surface area (Å²) in [5.74, 6) is -0.577. The molecule has 2 heterocycles. The number of hydrogen-bond acceptors (Lipinski definition) is 4. The molecule has 0 radical (unpaired) electrons. The van der Waals surface area contributed by atoms with Gasteiger partial charge in [0, 0.05) is 18.0 Å². The molecule has 4 rings (SSSR count). The van der Waals surface area contributed by atoms with Crippen LogP contribution in [0, 0.1) is 11.7 Å². The minimum atomic E-state index is -0.444. The van der Waals surface area contributed by atoms with Crippen molar-refractivity contribution in [3.63, 3.8) is 0 Å². The summed E-state index contributed by atoms with van der Waals surface area (Å²) < 4.78 is 20.0. The summed E-state index contributed by atoms with van der Waals surface area (Å²) in [6, 6.07) is 14.7. The molecule has 8 heteroatoms. The van der Waals surface area contributed by atoms with Gasteiger partial charge in [0.05, 0.1) is 16.6 Å². The number of halogens is 2. The van der Waals surface area contributed by atoms with Gasteiger partial charge in [-0.1, -0.05) is 49.7 Å². The van der Waals surface area contributed by atoms with E-state index < -0.39 is 5.82 Å². The van der Waals surface area contributed by atoms with Gasteiger partial charge in [-0.25, -0.2) is 4.39 Å². The molecule has 1 aliphatic rings. The fourth-order valence-corrected chi connectivity index (χ4v) is 5.47. The summed E-state index contributed by atoms with van der Waals surface area (Å²) in [5.41, 5.74) is 1.39. The van der Waals surface area contributed by atoms with E-state index in [9.17, 15) is 14.0 Å². The number of benzene rings is 2. The van der Waals surface area contributed by atoms with Crippen LogP contribution in [0.3, 0.4) is 0 Å². The first-order valence-corrected chi connectivity index (χ1v) is 12.9. The summed E-state index contributed by atoms with van der Waals surface area (Å²) in [5, 5.41) is 2.36. The van der Waals surface area contributed by atoms with Crippen LogP contribution in [-0.2, 0) is 11.2 Å². The molecule has 2 amide bonds. The van der Waals surface area contributed by atoms with Gasteiger partial charge in [0.25, 0.3) is 5.91 Å². The number of ether oxygens (including phenoxy) is 1. The van der Waals surface area contributed by atoms with Crippen LogP contribution in [-0.4, -0.2) is 47.9 Å². The van der Waals surface area contributed by atoms with Gasteiger partial charge in [0.1, 0.15) is 13.2 Å². The Hall–Kier alpha value is -2.90. The third-order valence-electron chi connectivity index (χ3n) is 5.95. The van der Waals surface area contributed by atoms with Crippen molar-refractivity contribution in [3.8, 4) is 5.75 Å². The van der Waals surface area contributed by atoms with Crippen LogP contribution in [0.1, 0.15) is 40.7 Å². The predicted octanol–water partition coefficient (Wildman–Crippen LogP) is 5.84. The number of nitrogens with zero attached hydrogens (tertiary/aromatic N) is 2. The molecule has 0 fully saturated rings. The molecular weight excluding hydrogens is 487 g/mol. The third-order valence-corrected chi connectivity index (χ3v) is 7.28. The van der Waals surface area contributed by atoms with Gasteiger partial charge in [0.2, 0.25) is 5.91 Å². The van der Waals surface area contributed by atoms with Gasteiger partial charge < -0.3 is 14.5 Å². The highest BCUT2D eigenvalue weighted by molar-refractivity contribution is 7.10. The molecule has 0 N–H and O–H groups in total. The maximum absolute atomic E-state index is 14.2. The normalized spacial score (nSPS) is 15.1. The molecular formula is C27H28ClFN2O3S. The molecule has 0 spiro atoms. The fourth-order valence-electron chi connectivity index (χ4n) is 4.32. The summed E-state index contributed by atoms with van der Waals surface area (Å²) in [7, 11) is 0. The van der Waals surface area contributed by atoms with Crippen molar-refractivity contribution >= 4 is 34.8 Å². The van der Waals surface area contributed by atoms with Gasteiger partial charge in [-0.15, -0.1) is 11.3 Å². The van der Waals surface area contributed by atoms with Crippen LogP contribution in [0.4, 0.5) is 4.39 Å². The first-order valence-electron chi connectivity index (χ1n) is 11.6. The van der Waals surface area contributed by atoms with E-state index in [4.69, 9.17) is 16.3 Å². The first-order chi connectivity index (χ1) is 16.8. The van der Waals surface area contributed by atoms with E-state index in [1.54, 1.807) is 63.6 Å². The molecule has 35 heavy (non-hydrogen) atoms. The molecule has 3 aromatic rings. The van der Waals surface area contributed by atoms with Gasteiger partial charge in [-0.3, -0.25) is 9.59 Å². The Morgan fingerprint density at radius 1 is 1.17 bits per heavy atom. The quantitative estimate of drug-likeness (QED) is 0.379. The number of amides is 2. The zero-order chi connectivity index (χ0) is 24.9. The third kappa shape index (κ3) is 5.85.